The Hall–Kier alpha value is -4.32. The summed E-state index contributed by atoms with van der Waals surface area (Å²) in [6.07, 6.45) is 3.32. The van der Waals surface area contributed by atoms with Crippen molar-refractivity contribution in [2.45, 2.75) is 93.9 Å². The lowest BCUT2D eigenvalue weighted by atomic mass is 9.84. The molecule has 4 rings (SSSR count). The Kier molecular flexibility index (Phi) is 23.0. The average Bonchev–Trinajstić information content (AvgIpc) is 3.10. The Morgan fingerprint density at radius 3 is 0.977 bits per heavy atom. The summed E-state index contributed by atoms with van der Waals surface area (Å²) in [5.74, 6) is 1.03. The van der Waals surface area contributed by atoms with Gasteiger partial charge < -0.3 is 10.6 Å². The predicted molar refractivity (Wildman–Crippen MR) is 190 cm³/mol. The van der Waals surface area contributed by atoms with Gasteiger partial charge in [-0.15, -0.1) is 0 Å². The van der Waals surface area contributed by atoms with Crippen LogP contribution in [0.1, 0.15) is 94.2 Å². The van der Waals surface area contributed by atoms with E-state index < -0.39 is 10.8 Å². The number of anilines is 2. The molecule has 0 saturated carbocycles. The Morgan fingerprint density at radius 1 is 0.455 bits per heavy atom. The SMILES string of the molecule is CC.CC.CC.CC.CC(C)(C(=O)Nc1ccccn1)c1ccccc1.CC(C)(C(=O)Nc1ccccn1)c1ccccc1. The summed E-state index contributed by atoms with van der Waals surface area (Å²) < 4.78 is 0. The zero-order valence-electron chi connectivity index (χ0n) is 29.1. The molecule has 0 saturated heterocycles. The van der Waals surface area contributed by atoms with E-state index in [0.717, 1.165) is 11.1 Å². The average molecular weight is 601 g/mol. The molecule has 0 atom stereocenters. The fourth-order valence-electron chi connectivity index (χ4n) is 3.39. The molecule has 2 aromatic heterocycles. The second kappa shape index (κ2) is 24.2. The first-order chi connectivity index (χ1) is 21.2. The van der Waals surface area contributed by atoms with Gasteiger partial charge in [-0.3, -0.25) is 9.59 Å². The zero-order valence-corrected chi connectivity index (χ0v) is 29.1. The van der Waals surface area contributed by atoms with Gasteiger partial charge in [0.25, 0.3) is 0 Å². The van der Waals surface area contributed by atoms with Crippen molar-refractivity contribution in [2.75, 3.05) is 10.6 Å². The van der Waals surface area contributed by atoms with Gasteiger partial charge in [0.2, 0.25) is 11.8 Å². The molecule has 6 heteroatoms. The smallest absolute Gasteiger partial charge is 0.235 e. The number of hydrogen-bond acceptors (Lipinski definition) is 4. The monoisotopic (exact) mass is 600 g/mol. The van der Waals surface area contributed by atoms with Crippen LogP contribution in [-0.2, 0) is 20.4 Å². The number of aromatic nitrogens is 2. The molecule has 0 aliphatic rings. The molecule has 2 N–H and O–H groups in total. The molecule has 4 aromatic rings. The highest BCUT2D eigenvalue weighted by Gasteiger charge is 2.30. The first-order valence-electron chi connectivity index (χ1n) is 15.8. The second-order valence-corrected chi connectivity index (χ2v) is 9.32. The van der Waals surface area contributed by atoms with Crippen LogP contribution in [0.15, 0.2) is 109 Å². The van der Waals surface area contributed by atoms with Gasteiger partial charge in [0, 0.05) is 12.4 Å². The largest absolute Gasteiger partial charge is 0.310 e. The van der Waals surface area contributed by atoms with Crippen LogP contribution < -0.4 is 10.6 Å². The van der Waals surface area contributed by atoms with Crippen LogP contribution in [0.5, 0.6) is 0 Å². The molecule has 6 nitrogen and oxygen atoms in total. The third kappa shape index (κ3) is 14.2. The molecule has 240 valence electrons. The van der Waals surface area contributed by atoms with Crippen molar-refractivity contribution in [2.24, 2.45) is 0 Å². The lowest BCUT2D eigenvalue weighted by molar-refractivity contribution is -0.121. The molecule has 0 aliphatic carbocycles. The Bertz CT molecular complexity index is 1140. The number of nitrogens with one attached hydrogen (secondary N) is 2. The molecule has 0 aliphatic heterocycles. The van der Waals surface area contributed by atoms with E-state index in [9.17, 15) is 9.59 Å². The van der Waals surface area contributed by atoms with Gasteiger partial charge in [0.1, 0.15) is 11.6 Å². The van der Waals surface area contributed by atoms with Crippen LogP contribution >= 0.6 is 0 Å². The van der Waals surface area contributed by atoms with Crippen molar-refractivity contribution in [3.05, 3.63) is 121 Å². The number of amides is 2. The highest BCUT2D eigenvalue weighted by atomic mass is 16.2. The number of nitrogens with zero attached hydrogens (tertiary/aromatic N) is 2. The lowest BCUT2D eigenvalue weighted by Crippen LogP contribution is -2.34. The molecule has 2 heterocycles. The van der Waals surface area contributed by atoms with E-state index in [1.54, 1.807) is 24.5 Å². The van der Waals surface area contributed by atoms with Crippen LogP contribution in [-0.4, -0.2) is 21.8 Å². The van der Waals surface area contributed by atoms with Crippen LogP contribution in [0.2, 0.25) is 0 Å². The van der Waals surface area contributed by atoms with Gasteiger partial charge in [0.05, 0.1) is 10.8 Å². The number of benzene rings is 2. The number of pyridine rings is 2. The van der Waals surface area contributed by atoms with E-state index >= 15 is 0 Å². The minimum atomic E-state index is -0.585. The van der Waals surface area contributed by atoms with Crippen molar-refractivity contribution >= 4 is 23.5 Å². The van der Waals surface area contributed by atoms with Crippen molar-refractivity contribution in [1.29, 1.82) is 0 Å². The highest BCUT2D eigenvalue weighted by molar-refractivity contribution is 5.98. The summed E-state index contributed by atoms with van der Waals surface area (Å²) in [6, 6.07) is 30.3. The fraction of sp³-hybridized carbons (Fsp3) is 0.368. The van der Waals surface area contributed by atoms with E-state index in [1.165, 1.54) is 0 Å². The van der Waals surface area contributed by atoms with Gasteiger partial charge in [-0.25, -0.2) is 9.97 Å². The normalized spacial score (nSPS) is 9.55. The first-order valence-corrected chi connectivity index (χ1v) is 15.8. The van der Waals surface area contributed by atoms with Crippen LogP contribution in [0.3, 0.4) is 0 Å². The van der Waals surface area contributed by atoms with E-state index in [0.29, 0.717) is 11.6 Å². The van der Waals surface area contributed by atoms with Gasteiger partial charge in [-0.05, 0) is 63.1 Å². The third-order valence-corrected chi connectivity index (χ3v) is 5.94. The molecule has 0 spiro atoms. The van der Waals surface area contributed by atoms with E-state index in [2.05, 4.69) is 20.6 Å². The minimum Gasteiger partial charge on any atom is -0.310 e. The number of hydrogen-bond donors (Lipinski definition) is 2. The lowest BCUT2D eigenvalue weighted by Gasteiger charge is -2.23. The third-order valence-electron chi connectivity index (χ3n) is 5.94. The number of carbonyl (C=O) groups is 2. The van der Waals surface area contributed by atoms with Crippen molar-refractivity contribution in [3.63, 3.8) is 0 Å². The predicted octanol–water partition coefficient (Wildman–Crippen LogP) is 10.1. The molecule has 0 fully saturated rings. The first kappa shape index (κ1) is 41.8. The van der Waals surface area contributed by atoms with Crippen molar-refractivity contribution < 1.29 is 9.59 Å². The van der Waals surface area contributed by atoms with Gasteiger partial charge in [0.15, 0.2) is 0 Å². The Labute approximate surface area is 267 Å². The van der Waals surface area contributed by atoms with Crippen LogP contribution in [0.25, 0.3) is 0 Å². The van der Waals surface area contributed by atoms with Crippen molar-refractivity contribution in [1.82, 2.24) is 9.97 Å². The maximum atomic E-state index is 12.3. The van der Waals surface area contributed by atoms with E-state index in [4.69, 9.17) is 0 Å². The topological polar surface area (TPSA) is 84.0 Å². The highest BCUT2D eigenvalue weighted by Crippen LogP contribution is 2.25. The molecule has 2 amide bonds. The Morgan fingerprint density at radius 2 is 0.727 bits per heavy atom. The fourth-order valence-corrected chi connectivity index (χ4v) is 3.39. The second-order valence-electron chi connectivity index (χ2n) is 9.32. The summed E-state index contributed by atoms with van der Waals surface area (Å²) in [5.41, 5.74) is 0.800. The van der Waals surface area contributed by atoms with E-state index in [1.807, 2.05) is 168 Å². The Balaban J connectivity index is 0. The van der Waals surface area contributed by atoms with Crippen LogP contribution in [0.4, 0.5) is 11.6 Å². The molecular formula is C38H56N4O2. The summed E-state index contributed by atoms with van der Waals surface area (Å²) in [7, 11) is 0. The van der Waals surface area contributed by atoms with Crippen molar-refractivity contribution in [3.8, 4) is 0 Å². The summed E-state index contributed by atoms with van der Waals surface area (Å²) in [5, 5.41) is 5.66. The van der Waals surface area contributed by atoms with E-state index in [-0.39, 0.29) is 11.8 Å². The summed E-state index contributed by atoms with van der Waals surface area (Å²) in [4.78, 5) is 32.8. The maximum absolute atomic E-state index is 12.3. The maximum Gasteiger partial charge on any atom is 0.235 e. The standard InChI is InChI=1S/2C15H16N2O.4C2H6/c2*1-15(2,12-8-4-3-5-9-12)14(18)17-13-10-6-7-11-16-13;4*1-2/h2*3-11H,1-2H3,(H,16,17,18);4*1-2H3. The molecule has 0 radical (unpaired) electrons. The molecule has 0 unspecified atom stereocenters. The minimum absolute atomic E-state index is 0.0626. The zero-order chi connectivity index (χ0) is 34.0. The molecule has 0 bridgehead atoms. The summed E-state index contributed by atoms with van der Waals surface area (Å²) in [6.45, 7) is 23.6. The summed E-state index contributed by atoms with van der Waals surface area (Å²) >= 11 is 0. The van der Waals surface area contributed by atoms with Crippen LogP contribution in [0, 0.1) is 0 Å². The van der Waals surface area contributed by atoms with Gasteiger partial charge in [-0.2, -0.15) is 0 Å². The molecule has 2 aromatic carbocycles. The number of rotatable bonds is 6. The van der Waals surface area contributed by atoms with Gasteiger partial charge in [-0.1, -0.05) is 128 Å². The molecular weight excluding hydrogens is 544 g/mol. The number of carbonyl (C=O) groups excluding carboxylic acids is 2. The molecule has 44 heavy (non-hydrogen) atoms. The quantitative estimate of drug-likeness (QED) is 0.231. The van der Waals surface area contributed by atoms with Gasteiger partial charge >= 0.3 is 0 Å².